The number of aliphatic carboxylic acids is 1. The molecule has 1 aromatic carbocycles. The van der Waals surface area contributed by atoms with Crippen molar-refractivity contribution in [2.45, 2.75) is 19.9 Å². The third-order valence-electron chi connectivity index (χ3n) is 4.20. The molecule has 1 fully saturated rings. The molecule has 20 heavy (non-hydrogen) atoms. The molecular weight excluding hydrogens is 276 g/mol. The average molecular weight is 297 g/mol. The van der Waals surface area contributed by atoms with Gasteiger partial charge in [0.25, 0.3) is 0 Å². The Hall–Kier alpha value is -1.26. The second kappa shape index (κ2) is 6.46. The second-order valence-electron chi connectivity index (χ2n) is 5.37. The quantitative estimate of drug-likeness (QED) is 0.927. The summed E-state index contributed by atoms with van der Waals surface area (Å²) in [5.41, 5.74) is 1.17. The van der Waals surface area contributed by atoms with Gasteiger partial charge in [0, 0.05) is 42.9 Å². The van der Waals surface area contributed by atoms with Crippen LogP contribution in [0.15, 0.2) is 24.3 Å². The summed E-state index contributed by atoms with van der Waals surface area (Å²) < 4.78 is 0. The summed E-state index contributed by atoms with van der Waals surface area (Å²) in [6.07, 6.45) is 0. The number of benzene rings is 1. The van der Waals surface area contributed by atoms with Crippen molar-refractivity contribution in [3.05, 3.63) is 29.3 Å². The number of halogens is 1. The molecule has 1 aromatic rings. The van der Waals surface area contributed by atoms with Gasteiger partial charge in [-0.05, 0) is 31.2 Å². The van der Waals surface area contributed by atoms with E-state index in [0.717, 1.165) is 31.2 Å². The molecule has 1 aliphatic heterocycles. The number of anilines is 1. The molecule has 4 nitrogen and oxygen atoms in total. The molecule has 110 valence electrons. The van der Waals surface area contributed by atoms with Gasteiger partial charge in [0.1, 0.15) is 0 Å². The fraction of sp³-hybridized carbons (Fsp3) is 0.533. The molecule has 1 N–H and O–H groups in total. The van der Waals surface area contributed by atoms with E-state index < -0.39 is 5.97 Å². The molecule has 1 saturated heterocycles. The van der Waals surface area contributed by atoms with Crippen LogP contribution in [0.3, 0.4) is 0 Å². The van der Waals surface area contributed by atoms with Gasteiger partial charge in [-0.3, -0.25) is 9.69 Å². The van der Waals surface area contributed by atoms with Gasteiger partial charge < -0.3 is 10.0 Å². The van der Waals surface area contributed by atoms with Crippen molar-refractivity contribution in [2.24, 2.45) is 5.92 Å². The summed E-state index contributed by atoms with van der Waals surface area (Å²) in [6, 6.07) is 7.93. The fourth-order valence-electron chi connectivity index (χ4n) is 2.56. The van der Waals surface area contributed by atoms with E-state index in [9.17, 15) is 4.79 Å². The number of hydrogen-bond donors (Lipinski definition) is 1. The van der Waals surface area contributed by atoms with Crippen molar-refractivity contribution in [1.29, 1.82) is 0 Å². The van der Waals surface area contributed by atoms with E-state index >= 15 is 0 Å². The molecule has 1 heterocycles. The fourth-order valence-corrected chi connectivity index (χ4v) is 2.69. The Morgan fingerprint density at radius 2 is 1.70 bits per heavy atom. The Balaban J connectivity index is 1.92. The van der Waals surface area contributed by atoms with E-state index in [2.05, 4.69) is 9.80 Å². The van der Waals surface area contributed by atoms with E-state index in [1.807, 2.05) is 31.2 Å². The van der Waals surface area contributed by atoms with Crippen LogP contribution >= 0.6 is 11.6 Å². The van der Waals surface area contributed by atoms with Crippen molar-refractivity contribution < 1.29 is 9.90 Å². The second-order valence-corrected chi connectivity index (χ2v) is 5.80. The van der Waals surface area contributed by atoms with Gasteiger partial charge in [-0.15, -0.1) is 0 Å². The number of carboxylic acid groups (broad SMARTS) is 1. The normalized spacial score (nSPS) is 19.6. The van der Waals surface area contributed by atoms with E-state index in [1.165, 1.54) is 5.69 Å². The summed E-state index contributed by atoms with van der Waals surface area (Å²) >= 11 is 5.90. The molecular formula is C15H21ClN2O2. The molecule has 0 aromatic heterocycles. The van der Waals surface area contributed by atoms with Crippen LogP contribution in [0, 0.1) is 5.92 Å². The lowest BCUT2D eigenvalue weighted by Gasteiger charge is -2.40. The number of nitrogens with zero attached hydrogens (tertiary/aromatic N) is 2. The van der Waals surface area contributed by atoms with Crippen molar-refractivity contribution in [3.8, 4) is 0 Å². The zero-order valence-electron chi connectivity index (χ0n) is 11.9. The van der Waals surface area contributed by atoms with Gasteiger partial charge in [-0.25, -0.2) is 0 Å². The van der Waals surface area contributed by atoms with Gasteiger partial charge in [0.2, 0.25) is 0 Å². The van der Waals surface area contributed by atoms with Crippen LogP contribution in [-0.2, 0) is 4.79 Å². The lowest BCUT2D eigenvalue weighted by molar-refractivity contribution is -0.143. The Kier molecular flexibility index (Phi) is 4.89. The maximum absolute atomic E-state index is 11.1. The molecule has 0 bridgehead atoms. The zero-order chi connectivity index (χ0) is 14.7. The number of carbonyl (C=O) groups is 1. The minimum absolute atomic E-state index is 0.0693. The van der Waals surface area contributed by atoms with Crippen LogP contribution in [0.5, 0.6) is 0 Å². The molecule has 0 spiro atoms. The number of piperazine rings is 1. The number of rotatable bonds is 4. The Morgan fingerprint density at radius 3 is 2.20 bits per heavy atom. The van der Waals surface area contributed by atoms with E-state index in [0.29, 0.717) is 0 Å². The minimum Gasteiger partial charge on any atom is -0.481 e. The summed E-state index contributed by atoms with van der Waals surface area (Å²) in [5, 5.41) is 9.84. The summed E-state index contributed by atoms with van der Waals surface area (Å²) in [7, 11) is 0. The lowest BCUT2D eigenvalue weighted by atomic mass is 10.0. The molecule has 2 unspecified atom stereocenters. The van der Waals surface area contributed by atoms with Crippen molar-refractivity contribution in [1.82, 2.24) is 4.90 Å². The Bertz CT molecular complexity index is 455. The molecule has 2 rings (SSSR count). The van der Waals surface area contributed by atoms with Gasteiger partial charge in [-0.1, -0.05) is 18.5 Å². The van der Waals surface area contributed by atoms with Crippen LogP contribution in [0.4, 0.5) is 5.69 Å². The van der Waals surface area contributed by atoms with E-state index in [4.69, 9.17) is 16.7 Å². The van der Waals surface area contributed by atoms with Crippen molar-refractivity contribution in [2.75, 3.05) is 31.1 Å². The standard InChI is InChI=1S/C15H21ClN2O2/c1-11(15(19)20)12(2)17-7-9-18(10-8-17)14-5-3-13(16)4-6-14/h3-6,11-12H,7-10H2,1-2H3,(H,19,20). The zero-order valence-corrected chi connectivity index (χ0v) is 12.7. The van der Waals surface area contributed by atoms with Crippen molar-refractivity contribution in [3.63, 3.8) is 0 Å². The van der Waals surface area contributed by atoms with Crippen LogP contribution < -0.4 is 4.90 Å². The summed E-state index contributed by atoms with van der Waals surface area (Å²) in [5.74, 6) is -1.06. The largest absolute Gasteiger partial charge is 0.481 e. The predicted octanol–water partition coefficient (Wildman–Crippen LogP) is 2.57. The SMILES string of the molecule is CC(C(=O)O)C(C)N1CCN(c2ccc(Cl)cc2)CC1. The topological polar surface area (TPSA) is 43.8 Å². The molecule has 0 saturated carbocycles. The average Bonchev–Trinajstić information content (AvgIpc) is 2.46. The Morgan fingerprint density at radius 1 is 1.15 bits per heavy atom. The smallest absolute Gasteiger partial charge is 0.307 e. The third kappa shape index (κ3) is 3.44. The molecule has 0 amide bonds. The van der Waals surface area contributed by atoms with Crippen LogP contribution in [-0.4, -0.2) is 48.2 Å². The first kappa shape index (κ1) is 15.1. The van der Waals surface area contributed by atoms with E-state index in [1.54, 1.807) is 6.92 Å². The van der Waals surface area contributed by atoms with Gasteiger partial charge in [-0.2, -0.15) is 0 Å². The first-order valence-electron chi connectivity index (χ1n) is 6.96. The monoisotopic (exact) mass is 296 g/mol. The van der Waals surface area contributed by atoms with Gasteiger partial charge in [0.15, 0.2) is 0 Å². The molecule has 0 aliphatic carbocycles. The van der Waals surface area contributed by atoms with E-state index in [-0.39, 0.29) is 12.0 Å². The third-order valence-corrected chi connectivity index (χ3v) is 4.45. The maximum atomic E-state index is 11.1. The highest BCUT2D eigenvalue weighted by Crippen LogP contribution is 2.21. The first-order valence-corrected chi connectivity index (χ1v) is 7.34. The maximum Gasteiger partial charge on any atom is 0.307 e. The van der Waals surface area contributed by atoms with Gasteiger partial charge >= 0.3 is 5.97 Å². The first-order chi connectivity index (χ1) is 9.49. The highest BCUT2D eigenvalue weighted by atomic mass is 35.5. The van der Waals surface area contributed by atoms with Crippen LogP contribution in [0.25, 0.3) is 0 Å². The Labute approximate surface area is 124 Å². The molecule has 2 atom stereocenters. The van der Waals surface area contributed by atoms with Crippen LogP contribution in [0.1, 0.15) is 13.8 Å². The van der Waals surface area contributed by atoms with Crippen LogP contribution in [0.2, 0.25) is 5.02 Å². The minimum atomic E-state index is -0.724. The highest BCUT2D eigenvalue weighted by Gasteiger charge is 2.28. The summed E-state index contributed by atoms with van der Waals surface area (Å²) in [4.78, 5) is 15.6. The molecule has 1 aliphatic rings. The molecule has 0 radical (unpaired) electrons. The number of carboxylic acids is 1. The van der Waals surface area contributed by atoms with Gasteiger partial charge in [0.05, 0.1) is 5.92 Å². The van der Waals surface area contributed by atoms with Crippen molar-refractivity contribution >= 4 is 23.3 Å². The molecule has 5 heteroatoms. The summed E-state index contributed by atoms with van der Waals surface area (Å²) in [6.45, 7) is 7.38. The lowest BCUT2D eigenvalue weighted by Crippen LogP contribution is -2.52. The number of hydrogen-bond acceptors (Lipinski definition) is 3. The predicted molar refractivity (Wildman–Crippen MR) is 81.5 cm³/mol. The highest BCUT2D eigenvalue weighted by molar-refractivity contribution is 6.30.